The molecule has 0 saturated carbocycles. The van der Waals surface area contributed by atoms with E-state index in [1.165, 1.54) is 23.7 Å². The molecule has 3 N–H and O–H groups in total. The Labute approximate surface area is 151 Å². The lowest BCUT2D eigenvalue weighted by atomic mass is 10.1. The number of nitrogens with zero attached hydrogens (tertiary/aromatic N) is 1. The number of halogens is 2. The van der Waals surface area contributed by atoms with Crippen LogP contribution in [0.1, 0.15) is 16.2 Å². The summed E-state index contributed by atoms with van der Waals surface area (Å²) in [5.41, 5.74) is 1.63. The van der Waals surface area contributed by atoms with Crippen LogP contribution in [0.5, 0.6) is 5.75 Å². The number of carbonyl (C=O) groups is 1. The number of aromatic amines is 1. The number of hydroxylamine groups is 1. The van der Waals surface area contributed by atoms with Gasteiger partial charge in [0.25, 0.3) is 11.5 Å². The van der Waals surface area contributed by atoms with E-state index in [1.807, 2.05) is 0 Å². The van der Waals surface area contributed by atoms with Gasteiger partial charge in [0, 0.05) is 15.6 Å². The number of hydrogen-bond acceptors (Lipinski definition) is 5. The predicted molar refractivity (Wildman–Crippen MR) is 92.4 cm³/mol. The molecule has 0 bridgehead atoms. The molecule has 0 aliphatic rings. The Morgan fingerprint density at radius 3 is 2.60 bits per heavy atom. The number of hydrogen-bond donors (Lipinski definition) is 3. The molecule has 1 heterocycles. The number of rotatable bonds is 4. The summed E-state index contributed by atoms with van der Waals surface area (Å²) < 4.78 is 5.54. The summed E-state index contributed by atoms with van der Waals surface area (Å²) in [5, 5.41) is 9.84. The lowest BCUT2D eigenvalue weighted by Gasteiger charge is -2.08. The first-order valence-electron chi connectivity index (χ1n) is 7.02. The van der Waals surface area contributed by atoms with E-state index in [1.54, 1.807) is 18.2 Å². The fraction of sp³-hybridized carbons (Fsp3) is 0.0625. The molecule has 1 aromatic heterocycles. The molecule has 7 nitrogen and oxygen atoms in total. The zero-order chi connectivity index (χ0) is 18.0. The number of aromatic nitrogens is 2. The van der Waals surface area contributed by atoms with E-state index in [0.29, 0.717) is 26.7 Å². The van der Waals surface area contributed by atoms with Gasteiger partial charge in [0.05, 0.1) is 10.9 Å². The lowest BCUT2D eigenvalue weighted by molar-refractivity contribution is 0.0706. The summed E-state index contributed by atoms with van der Waals surface area (Å²) in [6, 6.07) is 8.99. The van der Waals surface area contributed by atoms with Crippen molar-refractivity contribution < 1.29 is 14.7 Å². The van der Waals surface area contributed by atoms with Crippen molar-refractivity contribution in [2.45, 2.75) is 6.61 Å². The maximum absolute atomic E-state index is 12.1. The minimum atomic E-state index is -0.699. The average molecular weight is 380 g/mol. The average Bonchev–Trinajstić information content (AvgIpc) is 2.58. The van der Waals surface area contributed by atoms with Crippen LogP contribution in [0.15, 0.2) is 41.2 Å². The maximum Gasteiger partial charge on any atom is 0.274 e. The second kappa shape index (κ2) is 7.10. The molecule has 0 atom stereocenters. The number of benzene rings is 2. The highest BCUT2D eigenvalue weighted by molar-refractivity contribution is 6.34. The minimum absolute atomic E-state index is 0.0295. The molecular weight excluding hydrogens is 369 g/mol. The number of amides is 1. The summed E-state index contributed by atoms with van der Waals surface area (Å²) >= 11 is 11.8. The van der Waals surface area contributed by atoms with Gasteiger partial charge in [-0.05, 0) is 36.4 Å². The van der Waals surface area contributed by atoms with Crippen molar-refractivity contribution in [1.82, 2.24) is 15.4 Å². The van der Waals surface area contributed by atoms with E-state index < -0.39 is 5.91 Å². The van der Waals surface area contributed by atoms with Gasteiger partial charge >= 0.3 is 0 Å². The molecule has 9 heteroatoms. The Morgan fingerprint density at radius 1 is 1.20 bits per heavy atom. The van der Waals surface area contributed by atoms with Gasteiger partial charge in [0.1, 0.15) is 18.2 Å². The molecule has 0 aliphatic heterocycles. The van der Waals surface area contributed by atoms with Crippen LogP contribution in [0.25, 0.3) is 10.9 Å². The Balaban J connectivity index is 1.91. The second-order valence-corrected chi connectivity index (χ2v) is 5.95. The molecule has 1 amide bonds. The zero-order valence-corrected chi connectivity index (χ0v) is 14.1. The highest BCUT2D eigenvalue weighted by atomic mass is 35.5. The summed E-state index contributed by atoms with van der Waals surface area (Å²) in [7, 11) is 0. The van der Waals surface area contributed by atoms with Crippen LogP contribution in [-0.4, -0.2) is 21.1 Å². The molecule has 0 spiro atoms. The summed E-state index contributed by atoms with van der Waals surface area (Å²) in [6.45, 7) is -0.0295. The Hall–Kier alpha value is -2.61. The Morgan fingerprint density at radius 2 is 1.92 bits per heavy atom. The van der Waals surface area contributed by atoms with Gasteiger partial charge in [-0.1, -0.05) is 23.2 Å². The van der Waals surface area contributed by atoms with Crippen molar-refractivity contribution in [2.75, 3.05) is 0 Å². The third kappa shape index (κ3) is 3.90. The number of fused-ring (bicyclic) bond motifs is 1. The summed E-state index contributed by atoms with van der Waals surface area (Å²) in [5.74, 6) is -0.0147. The van der Waals surface area contributed by atoms with Crippen LogP contribution >= 0.6 is 23.2 Å². The molecule has 0 aliphatic carbocycles. The summed E-state index contributed by atoms with van der Waals surface area (Å²) in [6.07, 6.45) is 0. The van der Waals surface area contributed by atoms with E-state index in [2.05, 4.69) is 9.97 Å². The molecule has 128 valence electrons. The SMILES string of the molecule is O=C(NO)c1ccc2c(=O)[nH]c(COc3cc(Cl)cc(Cl)c3)nc2c1. The second-order valence-electron chi connectivity index (χ2n) is 5.08. The van der Waals surface area contributed by atoms with Gasteiger partial charge in [-0.25, -0.2) is 10.5 Å². The first-order valence-corrected chi connectivity index (χ1v) is 7.78. The van der Waals surface area contributed by atoms with E-state index in [4.69, 9.17) is 33.1 Å². The molecule has 25 heavy (non-hydrogen) atoms. The van der Waals surface area contributed by atoms with Crippen molar-refractivity contribution >= 4 is 40.0 Å². The molecule has 3 rings (SSSR count). The highest BCUT2D eigenvalue weighted by Gasteiger charge is 2.10. The Kier molecular flexibility index (Phi) is 4.89. The van der Waals surface area contributed by atoms with Crippen molar-refractivity contribution in [3.63, 3.8) is 0 Å². The molecular formula is C16H11Cl2N3O4. The standard InChI is InChI=1S/C16H11Cl2N3O4/c17-9-4-10(18)6-11(5-9)25-7-14-19-13-3-8(15(22)21-24)1-2-12(13)16(23)20-14/h1-6,24H,7H2,(H,21,22)(H,19,20,23). The summed E-state index contributed by atoms with van der Waals surface area (Å²) in [4.78, 5) is 30.5. The lowest BCUT2D eigenvalue weighted by Crippen LogP contribution is -2.19. The third-order valence-electron chi connectivity index (χ3n) is 3.33. The molecule has 0 radical (unpaired) electrons. The van der Waals surface area contributed by atoms with E-state index in [-0.39, 0.29) is 23.6 Å². The third-order valence-corrected chi connectivity index (χ3v) is 3.77. The van der Waals surface area contributed by atoms with Gasteiger partial charge in [0.15, 0.2) is 0 Å². The molecule has 3 aromatic rings. The van der Waals surface area contributed by atoms with Gasteiger partial charge in [0.2, 0.25) is 0 Å². The predicted octanol–water partition coefficient (Wildman–Crippen LogP) is 2.93. The smallest absolute Gasteiger partial charge is 0.274 e. The Bertz CT molecular complexity index is 1000. The van der Waals surface area contributed by atoms with Gasteiger partial charge in [-0.3, -0.25) is 14.8 Å². The van der Waals surface area contributed by atoms with E-state index in [9.17, 15) is 9.59 Å². The number of H-pyrrole nitrogens is 1. The number of nitrogens with one attached hydrogen (secondary N) is 2. The van der Waals surface area contributed by atoms with E-state index >= 15 is 0 Å². The molecule has 2 aromatic carbocycles. The van der Waals surface area contributed by atoms with Crippen molar-refractivity contribution in [3.8, 4) is 5.75 Å². The fourth-order valence-corrected chi connectivity index (χ4v) is 2.73. The van der Waals surface area contributed by atoms with Crippen LogP contribution in [0.3, 0.4) is 0 Å². The first-order chi connectivity index (χ1) is 12.0. The van der Waals surface area contributed by atoms with Crippen molar-refractivity contribution in [1.29, 1.82) is 0 Å². The monoisotopic (exact) mass is 379 g/mol. The highest BCUT2D eigenvalue weighted by Crippen LogP contribution is 2.24. The van der Waals surface area contributed by atoms with E-state index in [0.717, 1.165) is 0 Å². The largest absolute Gasteiger partial charge is 0.486 e. The number of carbonyl (C=O) groups excluding carboxylic acids is 1. The van der Waals surface area contributed by atoms with Crippen LogP contribution in [-0.2, 0) is 6.61 Å². The van der Waals surface area contributed by atoms with Gasteiger partial charge < -0.3 is 9.72 Å². The van der Waals surface area contributed by atoms with Crippen LogP contribution in [0.4, 0.5) is 0 Å². The molecule has 0 fully saturated rings. The van der Waals surface area contributed by atoms with Gasteiger partial charge in [-0.2, -0.15) is 0 Å². The topological polar surface area (TPSA) is 104 Å². The fourth-order valence-electron chi connectivity index (χ4n) is 2.23. The normalized spacial score (nSPS) is 10.7. The van der Waals surface area contributed by atoms with Crippen molar-refractivity contribution in [3.05, 3.63) is 68.2 Å². The number of ether oxygens (including phenoxy) is 1. The van der Waals surface area contributed by atoms with Crippen molar-refractivity contribution in [2.24, 2.45) is 0 Å². The maximum atomic E-state index is 12.1. The quantitative estimate of drug-likeness (QED) is 0.477. The van der Waals surface area contributed by atoms with Crippen LogP contribution in [0.2, 0.25) is 10.0 Å². The molecule has 0 saturated heterocycles. The zero-order valence-electron chi connectivity index (χ0n) is 12.5. The first kappa shape index (κ1) is 17.2. The van der Waals surface area contributed by atoms with Crippen LogP contribution in [0, 0.1) is 0 Å². The minimum Gasteiger partial charge on any atom is -0.486 e. The van der Waals surface area contributed by atoms with Gasteiger partial charge in [-0.15, -0.1) is 0 Å². The van der Waals surface area contributed by atoms with Crippen LogP contribution < -0.4 is 15.8 Å². The molecule has 0 unspecified atom stereocenters.